The number of hydrogen-bond acceptors (Lipinski definition) is 3. The smallest absolute Gasteiger partial charge is 0.164 e. The summed E-state index contributed by atoms with van der Waals surface area (Å²) >= 11 is 0. The van der Waals surface area contributed by atoms with Crippen LogP contribution in [0.3, 0.4) is 0 Å². The lowest BCUT2D eigenvalue weighted by Gasteiger charge is -2.18. The SMILES string of the molecule is c1ccc(-c2cccc(-c3nc(-c4ccccc4)nc(-c4ccc(-c5ccc6c(-c7ccccc7)c7ccccc7c(-c7ccccc7)c6c5)cc4)n3)c2)cc1. The summed E-state index contributed by atoms with van der Waals surface area (Å²) in [7, 11) is 0. The van der Waals surface area contributed by atoms with E-state index >= 15 is 0 Å². The first kappa shape index (κ1) is 33.1. The third kappa shape index (κ3) is 6.21. The molecular formula is C53H35N3. The van der Waals surface area contributed by atoms with E-state index in [1.807, 2.05) is 36.4 Å². The molecule has 9 aromatic carbocycles. The van der Waals surface area contributed by atoms with Crippen molar-refractivity contribution in [1.82, 2.24) is 15.0 Å². The van der Waals surface area contributed by atoms with Crippen molar-refractivity contribution in [3.63, 3.8) is 0 Å². The molecule has 0 N–H and O–H groups in total. The van der Waals surface area contributed by atoms with Crippen molar-refractivity contribution < 1.29 is 0 Å². The summed E-state index contributed by atoms with van der Waals surface area (Å²) in [6.07, 6.45) is 0. The molecule has 3 heteroatoms. The minimum absolute atomic E-state index is 0.634. The van der Waals surface area contributed by atoms with Crippen LogP contribution in [0.4, 0.5) is 0 Å². The van der Waals surface area contributed by atoms with Gasteiger partial charge in [-0.05, 0) is 78.2 Å². The number of nitrogens with zero attached hydrogens (tertiary/aromatic N) is 3. The zero-order valence-electron chi connectivity index (χ0n) is 30.5. The molecule has 0 bridgehead atoms. The molecule has 10 aromatic rings. The van der Waals surface area contributed by atoms with E-state index in [0.29, 0.717) is 17.5 Å². The van der Waals surface area contributed by atoms with Crippen LogP contribution in [0.5, 0.6) is 0 Å². The van der Waals surface area contributed by atoms with E-state index in [-0.39, 0.29) is 0 Å². The van der Waals surface area contributed by atoms with Crippen LogP contribution in [0.2, 0.25) is 0 Å². The second-order valence-corrected chi connectivity index (χ2v) is 14.0. The highest BCUT2D eigenvalue weighted by molar-refractivity contribution is 6.22. The summed E-state index contributed by atoms with van der Waals surface area (Å²) in [4.78, 5) is 15.1. The van der Waals surface area contributed by atoms with Gasteiger partial charge in [0.2, 0.25) is 0 Å². The third-order valence-corrected chi connectivity index (χ3v) is 10.5. The Morgan fingerprint density at radius 2 is 0.536 bits per heavy atom. The standard InChI is InChI=1S/C53H35N3/c1-5-16-36(17-6-1)42-24-15-25-44(34-42)53-55-51(40-22-11-4-12-23-40)54-52(56-53)41-30-28-37(29-31-41)43-32-33-47-48(35-43)50(39-20-9-3-10-21-39)46-27-14-13-26-45(46)49(47)38-18-7-2-8-19-38/h1-35H. The van der Waals surface area contributed by atoms with Crippen molar-refractivity contribution >= 4 is 21.5 Å². The number of rotatable bonds is 7. The Morgan fingerprint density at radius 1 is 0.196 bits per heavy atom. The molecule has 0 saturated carbocycles. The lowest BCUT2D eigenvalue weighted by molar-refractivity contribution is 1.07. The van der Waals surface area contributed by atoms with E-state index in [4.69, 9.17) is 15.0 Å². The van der Waals surface area contributed by atoms with Crippen molar-refractivity contribution in [2.24, 2.45) is 0 Å². The predicted molar refractivity (Wildman–Crippen MR) is 233 cm³/mol. The van der Waals surface area contributed by atoms with Gasteiger partial charge in [0.25, 0.3) is 0 Å². The minimum Gasteiger partial charge on any atom is -0.208 e. The van der Waals surface area contributed by atoms with E-state index in [1.165, 1.54) is 43.8 Å². The molecule has 3 nitrogen and oxygen atoms in total. The number of benzene rings is 9. The Hall–Kier alpha value is -7.49. The van der Waals surface area contributed by atoms with E-state index in [0.717, 1.165) is 38.9 Å². The molecule has 262 valence electrons. The van der Waals surface area contributed by atoms with Crippen LogP contribution in [0.1, 0.15) is 0 Å². The third-order valence-electron chi connectivity index (χ3n) is 10.5. The van der Waals surface area contributed by atoms with Crippen LogP contribution in [-0.4, -0.2) is 15.0 Å². The molecule has 0 aliphatic heterocycles. The molecule has 0 radical (unpaired) electrons. The fourth-order valence-electron chi connectivity index (χ4n) is 7.82. The van der Waals surface area contributed by atoms with Crippen molar-refractivity contribution in [3.05, 3.63) is 212 Å². The fraction of sp³-hybridized carbons (Fsp3) is 0. The molecule has 0 spiro atoms. The molecule has 0 saturated heterocycles. The Kier molecular flexibility index (Phi) is 8.51. The molecule has 0 atom stereocenters. The molecule has 56 heavy (non-hydrogen) atoms. The number of hydrogen-bond donors (Lipinski definition) is 0. The number of fused-ring (bicyclic) bond motifs is 2. The van der Waals surface area contributed by atoms with Gasteiger partial charge in [-0.15, -0.1) is 0 Å². The van der Waals surface area contributed by atoms with Gasteiger partial charge in [-0.3, -0.25) is 0 Å². The summed E-state index contributed by atoms with van der Waals surface area (Å²) in [6, 6.07) is 74.8. The van der Waals surface area contributed by atoms with Gasteiger partial charge in [-0.1, -0.05) is 200 Å². The predicted octanol–water partition coefficient (Wildman–Crippen LogP) is 13.8. The summed E-state index contributed by atoms with van der Waals surface area (Å²) in [5, 5.41) is 4.95. The van der Waals surface area contributed by atoms with Gasteiger partial charge in [-0.2, -0.15) is 0 Å². The minimum atomic E-state index is 0.634. The van der Waals surface area contributed by atoms with Gasteiger partial charge in [-0.25, -0.2) is 15.0 Å². The van der Waals surface area contributed by atoms with E-state index in [9.17, 15) is 0 Å². The Balaban J connectivity index is 1.10. The summed E-state index contributed by atoms with van der Waals surface area (Å²) in [5.74, 6) is 1.92. The second-order valence-electron chi connectivity index (χ2n) is 14.0. The van der Waals surface area contributed by atoms with Crippen molar-refractivity contribution in [2.45, 2.75) is 0 Å². The number of aromatic nitrogens is 3. The highest BCUT2D eigenvalue weighted by atomic mass is 15.0. The molecule has 0 amide bonds. The summed E-state index contributed by atoms with van der Waals surface area (Å²) in [6.45, 7) is 0. The van der Waals surface area contributed by atoms with Crippen molar-refractivity contribution in [2.75, 3.05) is 0 Å². The van der Waals surface area contributed by atoms with E-state index in [1.54, 1.807) is 0 Å². The van der Waals surface area contributed by atoms with Crippen LogP contribution in [0.25, 0.3) is 100 Å². The van der Waals surface area contributed by atoms with Gasteiger partial charge in [0.05, 0.1) is 0 Å². The molecule has 10 rings (SSSR count). The zero-order valence-corrected chi connectivity index (χ0v) is 30.5. The largest absolute Gasteiger partial charge is 0.208 e. The monoisotopic (exact) mass is 713 g/mol. The summed E-state index contributed by atoms with van der Waals surface area (Å²) in [5.41, 5.74) is 12.3. The van der Waals surface area contributed by atoms with Crippen LogP contribution in [0, 0.1) is 0 Å². The van der Waals surface area contributed by atoms with E-state index in [2.05, 4.69) is 176 Å². The molecule has 0 aliphatic carbocycles. The maximum Gasteiger partial charge on any atom is 0.164 e. The maximum absolute atomic E-state index is 5.07. The topological polar surface area (TPSA) is 38.7 Å². The lowest BCUT2D eigenvalue weighted by atomic mass is 9.85. The van der Waals surface area contributed by atoms with Gasteiger partial charge >= 0.3 is 0 Å². The maximum atomic E-state index is 5.07. The van der Waals surface area contributed by atoms with Crippen molar-refractivity contribution in [3.8, 4) is 78.7 Å². The highest BCUT2D eigenvalue weighted by Crippen LogP contribution is 2.45. The highest BCUT2D eigenvalue weighted by Gasteiger charge is 2.18. The molecule has 1 aromatic heterocycles. The first-order chi connectivity index (χ1) is 27.8. The fourth-order valence-corrected chi connectivity index (χ4v) is 7.82. The molecule has 0 fully saturated rings. The van der Waals surface area contributed by atoms with Crippen LogP contribution >= 0.6 is 0 Å². The van der Waals surface area contributed by atoms with E-state index < -0.39 is 0 Å². The van der Waals surface area contributed by atoms with Gasteiger partial charge in [0, 0.05) is 16.7 Å². The molecule has 0 unspecified atom stereocenters. The zero-order chi connectivity index (χ0) is 37.3. The summed E-state index contributed by atoms with van der Waals surface area (Å²) < 4.78 is 0. The van der Waals surface area contributed by atoms with Crippen LogP contribution in [-0.2, 0) is 0 Å². The molecular weight excluding hydrogens is 679 g/mol. The first-order valence-electron chi connectivity index (χ1n) is 18.9. The van der Waals surface area contributed by atoms with Crippen molar-refractivity contribution in [1.29, 1.82) is 0 Å². The van der Waals surface area contributed by atoms with Gasteiger partial charge in [0.15, 0.2) is 17.5 Å². The normalized spacial score (nSPS) is 11.2. The molecule has 1 heterocycles. The second kappa shape index (κ2) is 14.4. The quantitative estimate of drug-likeness (QED) is 0.154. The van der Waals surface area contributed by atoms with Gasteiger partial charge in [0.1, 0.15) is 0 Å². The Labute approximate surface area is 326 Å². The molecule has 0 aliphatic rings. The average molecular weight is 714 g/mol. The Bertz CT molecular complexity index is 2980. The van der Waals surface area contributed by atoms with Crippen LogP contribution < -0.4 is 0 Å². The lowest BCUT2D eigenvalue weighted by Crippen LogP contribution is -2.00. The average Bonchev–Trinajstić information content (AvgIpc) is 3.29. The first-order valence-corrected chi connectivity index (χ1v) is 18.9. The van der Waals surface area contributed by atoms with Crippen LogP contribution in [0.15, 0.2) is 212 Å². The van der Waals surface area contributed by atoms with Gasteiger partial charge < -0.3 is 0 Å². The Morgan fingerprint density at radius 3 is 1.11 bits per heavy atom.